The number of nitrogens with one attached hydrogen (secondary N) is 2. The molecule has 0 spiro atoms. The zero-order valence-electron chi connectivity index (χ0n) is 15.3. The first kappa shape index (κ1) is 17.4. The van der Waals surface area contributed by atoms with Gasteiger partial charge in [-0.2, -0.15) is 0 Å². The number of anilines is 2. The maximum atomic E-state index is 12.7. The lowest BCUT2D eigenvalue weighted by Gasteiger charge is -2.20. The maximum absolute atomic E-state index is 12.7. The Morgan fingerprint density at radius 1 is 1.04 bits per heavy atom. The van der Waals surface area contributed by atoms with E-state index >= 15 is 0 Å². The Kier molecular flexibility index (Phi) is 5.02. The Bertz CT molecular complexity index is 723. The van der Waals surface area contributed by atoms with Crippen LogP contribution in [0.15, 0.2) is 30.6 Å². The first-order chi connectivity index (χ1) is 12.0. The molecule has 25 heavy (non-hydrogen) atoms. The van der Waals surface area contributed by atoms with Crippen LogP contribution in [-0.4, -0.2) is 21.9 Å². The maximum Gasteiger partial charge on any atom is 0.275 e. The second-order valence-electron chi connectivity index (χ2n) is 7.28. The van der Waals surface area contributed by atoms with E-state index in [2.05, 4.69) is 66.5 Å². The third kappa shape index (κ3) is 4.16. The molecule has 0 atom stereocenters. The Morgan fingerprint density at radius 3 is 2.16 bits per heavy atom. The molecule has 0 radical (unpaired) electrons. The highest BCUT2D eigenvalue weighted by Gasteiger charge is 2.22. The summed E-state index contributed by atoms with van der Waals surface area (Å²) in [4.78, 5) is 21.2. The molecule has 5 heteroatoms. The first-order valence-corrected chi connectivity index (χ1v) is 8.98. The minimum atomic E-state index is -0.222. The van der Waals surface area contributed by atoms with Gasteiger partial charge in [0.2, 0.25) is 0 Å². The van der Waals surface area contributed by atoms with Crippen molar-refractivity contribution in [1.29, 1.82) is 0 Å². The molecule has 3 rings (SSSR count). The molecule has 1 aromatic carbocycles. The van der Waals surface area contributed by atoms with Crippen molar-refractivity contribution in [2.75, 3.05) is 10.6 Å². The third-order valence-corrected chi connectivity index (χ3v) is 4.43. The summed E-state index contributed by atoms with van der Waals surface area (Å²) in [6.07, 6.45) is 5.51. The van der Waals surface area contributed by atoms with E-state index < -0.39 is 0 Å². The lowest BCUT2D eigenvalue weighted by molar-refractivity contribution is 0.102. The molecule has 1 aromatic heterocycles. The fraction of sp³-hybridized carbons (Fsp3) is 0.450. The van der Waals surface area contributed by atoms with Gasteiger partial charge in [0, 0.05) is 11.7 Å². The molecule has 0 saturated heterocycles. The molecule has 1 aliphatic carbocycles. The van der Waals surface area contributed by atoms with E-state index in [0.717, 1.165) is 22.6 Å². The second kappa shape index (κ2) is 7.21. The quantitative estimate of drug-likeness (QED) is 0.811. The van der Waals surface area contributed by atoms with Crippen molar-refractivity contribution in [3.05, 3.63) is 47.4 Å². The Morgan fingerprint density at radius 2 is 1.68 bits per heavy atom. The number of carbonyl (C=O) groups is 1. The molecule has 0 unspecified atom stereocenters. The van der Waals surface area contributed by atoms with Crippen molar-refractivity contribution in [1.82, 2.24) is 9.97 Å². The highest BCUT2D eigenvalue weighted by atomic mass is 16.1. The SMILES string of the molecule is CC(C)c1cccc(C(C)C)c1NC(=O)c1cnc(NC2CC2)cn1. The van der Waals surface area contributed by atoms with Crippen molar-refractivity contribution in [2.45, 2.75) is 58.4 Å². The molecule has 5 nitrogen and oxygen atoms in total. The molecule has 1 heterocycles. The molecular formula is C20H26N4O. The number of nitrogens with zero attached hydrogens (tertiary/aromatic N) is 2. The number of aromatic nitrogens is 2. The van der Waals surface area contributed by atoms with Gasteiger partial charge in [-0.1, -0.05) is 45.9 Å². The molecular weight excluding hydrogens is 312 g/mol. The van der Waals surface area contributed by atoms with Gasteiger partial charge in [-0.15, -0.1) is 0 Å². The van der Waals surface area contributed by atoms with Crippen LogP contribution in [0, 0.1) is 0 Å². The summed E-state index contributed by atoms with van der Waals surface area (Å²) in [5, 5.41) is 6.34. The topological polar surface area (TPSA) is 66.9 Å². The van der Waals surface area contributed by atoms with E-state index in [-0.39, 0.29) is 5.91 Å². The van der Waals surface area contributed by atoms with Crippen LogP contribution in [0.5, 0.6) is 0 Å². The molecule has 1 amide bonds. The molecule has 2 N–H and O–H groups in total. The summed E-state index contributed by atoms with van der Waals surface area (Å²) in [6, 6.07) is 6.71. The Balaban J connectivity index is 1.82. The van der Waals surface area contributed by atoms with Crippen LogP contribution in [0.2, 0.25) is 0 Å². The lowest BCUT2D eigenvalue weighted by atomic mass is 9.92. The van der Waals surface area contributed by atoms with Gasteiger partial charge in [-0.25, -0.2) is 9.97 Å². The van der Waals surface area contributed by atoms with Crippen LogP contribution >= 0.6 is 0 Å². The summed E-state index contributed by atoms with van der Waals surface area (Å²) in [5.74, 6) is 1.15. The van der Waals surface area contributed by atoms with Gasteiger partial charge in [0.1, 0.15) is 11.5 Å². The highest BCUT2D eigenvalue weighted by molar-refractivity contribution is 6.03. The molecule has 0 bridgehead atoms. The summed E-state index contributed by atoms with van der Waals surface area (Å²) in [7, 11) is 0. The summed E-state index contributed by atoms with van der Waals surface area (Å²) < 4.78 is 0. The highest BCUT2D eigenvalue weighted by Crippen LogP contribution is 2.32. The fourth-order valence-corrected chi connectivity index (χ4v) is 2.83. The average Bonchev–Trinajstić information content (AvgIpc) is 3.39. The largest absolute Gasteiger partial charge is 0.366 e. The zero-order chi connectivity index (χ0) is 18.0. The fourth-order valence-electron chi connectivity index (χ4n) is 2.83. The molecule has 2 aromatic rings. The number of benzene rings is 1. The summed E-state index contributed by atoms with van der Waals surface area (Å²) in [5.41, 5.74) is 3.51. The van der Waals surface area contributed by atoms with E-state index in [9.17, 15) is 4.79 Å². The van der Waals surface area contributed by atoms with Gasteiger partial charge in [0.05, 0.1) is 12.4 Å². The van der Waals surface area contributed by atoms with Crippen molar-refractivity contribution in [3.63, 3.8) is 0 Å². The zero-order valence-corrected chi connectivity index (χ0v) is 15.3. The molecule has 1 fully saturated rings. The van der Waals surface area contributed by atoms with Crippen molar-refractivity contribution < 1.29 is 4.79 Å². The minimum absolute atomic E-state index is 0.222. The van der Waals surface area contributed by atoms with Crippen molar-refractivity contribution in [3.8, 4) is 0 Å². The summed E-state index contributed by atoms with van der Waals surface area (Å²) in [6.45, 7) is 8.53. The predicted octanol–water partition coefficient (Wildman–Crippen LogP) is 4.55. The van der Waals surface area contributed by atoms with E-state index in [4.69, 9.17) is 0 Å². The lowest BCUT2D eigenvalue weighted by Crippen LogP contribution is -2.17. The van der Waals surface area contributed by atoms with Crippen LogP contribution in [0.1, 0.15) is 74.0 Å². The van der Waals surface area contributed by atoms with Crippen molar-refractivity contribution >= 4 is 17.4 Å². The van der Waals surface area contributed by atoms with E-state index in [1.165, 1.54) is 19.0 Å². The van der Waals surface area contributed by atoms with E-state index in [0.29, 0.717) is 23.6 Å². The Labute approximate surface area is 149 Å². The minimum Gasteiger partial charge on any atom is -0.366 e. The number of amides is 1. The van der Waals surface area contributed by atoms with Crippen molar-refractivity contribution in [2.24, 2.45) is 0 Å². The standard InChI is InChI=1S/C20H26N4O/c1-12(2)15-6-5-7-16(13(3)4)19(15)24-20(25)17-10-22-18(11-21-17)23-14-8-9-14/h5-7,10-14H,8-9H2,1-4H3,(H,22,23)(H,24,25). The second-order valence-corrected chi connectivity index (χ2v) is 7.28. The summed E-state index contributed by atoms with van der Waals surface area (Å²) >= 11 is 0. The number of rotatable bonds is 6. The first-order valence-electron chi connectivity index (χ1n) is 8.98. The van der Waals surface area contributed by atoms with Gasteiger partial charge in [-0.3, -0.25) is 4.79 Å². The third-order valence-electron chi connectivity index (χ3n) is 4.43. The van der Waals surface area contributed by atoms with Gasteiger partial charge < -0.3 is 10.6 Å². The van der Waals surface area contributed by atoms with Crippen LogP contribution in [-0.2, 0) is 0 Å². The number of hydrogen-bond donors (Lipinski definition) is 2. The number of para-hydroxylation sites is 1. The van der Waals surface area contributed by atoms with Gasteiger partial charge in [-0.05, 0) is 35.8 Å². The average molecular weight is 338 g/mol. The van der Waals surface area contributed by atoms with E-state index in [1.54, 1.807) is 6.20 Å². The van der Waals surface area contributed by atoms with Crippen LogP contribution in [0.25, 0.3) is 0 Å². The molecule has 132 valence electrons. The van der Waals surface area contributed by atoms with Crippen LogP contribution in [0.4, 0.5) is 11.5 Å². The van der Waals surface area contributed by atoms with Crippen LogP contribution < -0.4 is 10.6 Å². The van der Waals surface area contributed by atoms with E-state index in [1.807, 2.05) is 0 Å². The van der Waals surface area contributed by atoms with Gasteiger partial charge in [0.15, 0.2) is 0 Å². The predicted molar refractivity (Wildman–Crippen MR) is 101 cm³/mol. The number of carbonyl (C=O) groups excluding carboxylic acids is 1. The smallest absolute Gasteiger partial charge is 0.275 e. The van der Waals surface area contributed by atoms with Crippen LogP contribution in [0.3, 0.4) is 0 Å². The normalized spacial score (nSPS) is 14.0. The monoisotopic (exact) mass is 338 g/mol. The molecule has 1 aliphatic rings. The number of hydrogen-bond acceptors (Lipinski definition) is 4. The van der Waals surface area contributed by atoms with Gasteiger partial charge >= 0.3 is 0 Å². The van der Waals surface area contributed by atoms with Gasteiger partial charge in [0.25, 0.3) is 5.91 Å². The Hall–Kier alpha value is -2.43. The molecule has 1 saturated carbocycles. The molecule has 0 aliphatic heterocycles.